The van der Waals surface area contributed by atoms with E-state index in [0.29, 0.717) is 11.5 Å². The van der Waals surface area contributed by atoms with Crippen LogP contribution < -0.4 is 5.32 Å². The Labute approximate surface area is 159 Å². The first kappa shape index (κ1) is 18.6. The van der Waals surface area contributed by atoms with E-state index in [1.807, 2.05) is 6.92 Å². The van der Waals surface area contributed by atoms with Crippen LogP contribution >= 0.6 is 23.4 Å². The van der Waals surface area contributed by atoms with Gasteiger partial charge < -0.3 is 15.2 Å². The standard InChI is InChI=1S/C17H18ClN3O4S/c1-3-25-14(24)7-21-17-15(9(2)20-21)16(26-8-13(23)19-17)10-4-5-12(22)11(18)6-10/h4-6,16,22H,3,7-8H2,1-2H3,(H,19,23)/t16-/m1/s1. The molecule has 0 fully saturated rings. The fraction of sp³-hybridized carbons (Fsp3) is 0.353. The summed E-state index contributed by atoms with van der Waals surface area (Å²) in [5.74, 6) is 0.135. The maximum absolute atomic E-state index is 12.2. The van der Waals surface area contributed by atoms with E-state index in [4.69, 9.17) is 16.3 Å². The third-order valence-corrected chi connectivity index (χ3v) is 5.51. The van der Waals surface area contributed by atoms with Crippen LogP contribution in [0.25, 0.3) is 0 Å². The number of esters is 1. The van der Waals surface area contributed by atoms with Gasteiger partial charge in [0.05, 0.1) is 28.3 Å². The largest absolute Gasteiger partial charge is 0.506 e. The molecule has 138 valence electrons. The normalized spacial score (nSPS) is 16.6. The van der Waals surface area contributed by atoms with Gasteiger partial charge in [-0.25, -0.2) is 4.68 Å². The summed E-state index contributed by atoms with van der Waals surface area (Å²) >= 11 is 7.49. The second-order valence-electron chi connectivity index (χ2n) is 5.76. The molecule has 0 saturated heterocycles. The van der Waals surface area contributed by atoms with E-state index in [9.17, 15) is 14.7 Å². The number of nitrogens with zero attached hydrogens (tertiary/aromatic N) is 2. The number of carbonyl (C=O) groups excluding carboxylic acids is 2. The Balaban J connectivity index is 2.05. The lowest BCUT2D eigenvalue weighted by Crippen LogP contribution is -2.20. The zero-order valence-corrected chi connectivity index (χ0v) is 15.9. The summed E-state index contributed by atoms with van der Waals surface area (Å²) in [4.78, 5) is 24.0. The summed E-state index contributed by atoms with van der Waals surface area (Å²) < 4.78 is 6.44. The molecule has 2 aromatic rings. The quantitative estimate of drug-likeness (QED) is 0.773. The number of phenols is 1. The van der Waals surface area contributed by atoms with E-state index >= 15 is 0 Å². The Kier molecular flexibility index (Phi) is 5.43. The van der Waals surface area contributed by atoms with Crippen molar-refractivity contribution in [1.29, 1.82) is 0 Å². The Hall–Kier alpha value is -2.19. The number of hydrogen-bond acceptors (Lipinski definition) is 6. The summed E-state index contributed by atoms with van der Waals surface area (Å²) in [7, 11) is 0. The lowest BCUT2D eigenvalue weighted by atomic mass is 10.0. The summed E-state index contributed by atoms with van der Waals surface area (Å²) in [6.45, 7) is 3.75. The van der Waals surface area contributed by atoms with E-state index < -0.39 is 5.97 Å². The van der Waals surface area contributed by atoms with Crippen molar-refractivity contribution in [3.63, 3.8) is 0 Å². The van der Waals surface area contributed by atoms with Crippen LogP contribution in [-0.2, 0) is 20.9 Å². The number of hydrogen-bond donors (Lipinski definition) is 2. The van der Waals surface area contributed by atoms with Crippen LogP contribution in [0.3, 0.4) is 0 Å². The molecule has 9 heteroatoms. The minimum absolute atomic E-state index is 0.00167. The van der Waals surface area contributed by atoms with Gasteiger partial charge in [0, 0.05) is 5.56 Å². The van der Waals surface area contributed by atoms with Crippen molar-refractivity contribution in [1.82, 2.24) is 9.78 Å². The number of carbonyl (C=O) groups is 2. The smallest absolute Gasteiger partial charge is 0.327 e. The number of fused-ring (bicyclic) bond motifs is 1. The molecule has 0 spiro atoms. The summed E-state index contributed by atoms with van der Waals surface area (Å²) in [5, 5.41) is 16.9. The zero-order valence-electron chi connectivity index (χ0n) is 14.3. The molecule has 26 heavy (non-hydrogen) atoms. The van der Waals surface area contributed by atoms with Crippen LogP contribution in [-0.4, -0.2) is 39.1 Å². The number of amides is 1. The molecule has 2 N–H and O–H groups in total. The molecule has 1 aromatic carbocycles. The van der Waals surface area contributed by atoms with Crippen molar-refractivity contribution < 1.29 is 19.4 Å². The second kappa shape index (κ2) is 7.59. The number of benzene rings is 1. The Morgan fingerprint density at radius 2 is 2.31 bits per heavy atom. The minimum atomic E-state index is -0.423. The Bertz CT molecular complexity index is 868. The molecule has 1 aliphatic heterocycles. The monoisotopic (exact) mass is 395 g/mol. The van der Waals surface area contributed by atoms with Crippen LogP contribution in [0.5, 0.6) is 5.75 Å². The van der Waals surface area contributed by atoms with Gasteiger partial charge in [0.15, 0.2) is 0 Å². The highest BCUT2D eigenvalue weighted by Crippen LogP contribution is 2.44. The van der Waals surface area contributed by atoms with Gasteiger partial charge in [-0.1, -0.05) is 17.7 Å². The fourth-order valence-electron chi connectivity index (χ4n) is 2.84. The number of phenolic OH excluding ortho intramolecular Hbond substituents is 1. The Morgan fingerprint density at radius 1 is 1.54 bits per heavy atom. The predicted octanol–water partition coefficient (Wildman–Crippen LogP) is 2.89. The third kappa shape index (κ3) is 3.66. The number of rotatable bonds is 4. The maximum Gasteiger partial charge on any atom is 0.327 e. The van der Waals surface area contributed by atoms with E-state index in [-0.39, 0.29) is 40.8 Å². The SMILES string of the molecule is CCOC(=O)Cn1nc(C)c2c1NC(=O)CS[C@@H]2c1ccc(O)c(Cl)c1. The number of ether oxygens (including phenoxy) is 1. The molecule has 0 aliphatic carbocycles. The molecule has 2 heterocycles. The molecule has 0 saturated carbocycles. The first-order valence-corrected chi connectivity index (χ1v) is 9.46. The molecule has 3 rings (SSSR count). The lowest BCUT2D eigenvalue weighted by Gasteiger charge is -2.16. The summed E-state index contributed by atoms with van der Waals surface area (Å²) in [5.41, 5.74) is 2.36. The highest BCUT2D eigenvalue weighted by Gasteiger charge is 2.31. The highest BCUT2D eigenvalue weighted by molar-refractivity contribution is 8.00. The minimum Gasteiger partial charge on any atom is -0.506 e. The average molecular weight is 396 g/mol. The van der Waals surface area contributed by atoms with Gasteiger partial charge in [0.2, 0.25) is 5.91 Å². The number of aromatic nitrogens is 2. The van der Waals surface area contributed by atoms with E-state index in [2.05, 4.69) is 10.4 Å². The van der Waals surface area contributed by atoms with Crippen molar-refractivity contribution in [2.24, 2.45) is 0 Å². The van der Waals surface area contributed by atoms with Gasteiger partial charge in [0.1, 0.15) is 18.1 Å². The van der Waals surface area contributed by atoms with Gasteiger partial charge in [-0.05, 0) is 31.5 Å². The zero-order chi connectivity index (χ0) is 18.8. The van der Waals surface area contributed by atoms with Crippen molar-refractivity contribution in [3.05, 3.63) is 40.0 Å². The van der Waals surface area contributed by atoms with Gasteiger partial charge in [-0.2, -0.15) is 5.10 Å². The van der Waals surface area contributed by atoms with E-state index in [1.54, 1.807) is 19.1 Å². The van der Waals surface area contributed by atoms with Crippen LogP contribution in [0.4, 0.5) is 5.82 Å². The molecular formula is C17H18ClN3O4S. The topological polar surface area (TPSA) is 93.5 Å². The molecule has 1 aromatic heterocycles. The summed E-state index contributed by atoms with van der Waals surface area (Å²) in [6, 6.07) is 4.97. The number of thioether (sulfide) groups is 1. The van der Waals surface area contributed by atoms with Crippen LogP contribution in [0.1, 0.15) is 29.0 Å². The molecule has 0 radical (unpaired) electrons. The molecule has 0 bridgehead atoms. The van der Waals surface area contributed by atoms with Crippen LogP contribution in [0.15, 0.2) is 18.2 Å². The maximum atomic E-state index is 12.2. The molecule has 1 atom stereocenters. The number of halogens is 1. The van der Waals surface area contributed by atoms with Gasteiger partial charge >= 0.3 is 5.97 Å². The molecule has 1 aliphatic rings. The van der Waals surface area contributed by atoms with Gasteiger partial charge in [-0.15, -0.1) is 11.8 Å². The van der Waals surface area contributed by atoms with Crippen molar-refractivity contribution in [3.8, 4) is 5.75 Å². The number of anilines is 1. The average Bonchev–Trinajstić information content (AvgIpc) is 2.77. The molecule has 0 unspecified atom stereocenters. The third-order valence-electron chi connectivity index (χ3n) is 3.93. The number of nitrogens with one attached hydrogen (secondary N) is 1. The Morgan fingerprint density at radius 3 is 3.00 bits per heavy atom. The fourth-order valence-corrected chi connectivity index (χ4v) is 4.21. The highest BCUT2D eigenvalue weighted by atomic mass is 35.5. The van der Waals surface area contributed by atoms with Crippen molar-refractivity contribution in [2.45, 2.75) is 25.6 Å². The van der Waals surface area contributed by atoms with Crippen molar-refractivity contribution >= 4 is 41.1 Å². The van der Waals surface area contributed by atoms with Crippen molar-refractivity contribution in [2.75, 3.05) is 17.7 Å². The summed E-state index contributed by atoms with van der Waals surface area (Å²) in [6.07, 6.45) is 0. The second-order valence-corrected chi connectivity index (χ2v) is 7.26. The van der Waals surface area contributed by atoms with Crippen LogP contribution in [0, 0.1) is 6.92 Å². The first-order valence-electron chi connectivity index (χ1n) is 8.03. The van der Waals surface area contributed by atoms with E-state index in [1.165, 1.54) is 22.5 Å². The van der Waals surface area contributed by atoms with Gasteiger partial charge in [0.25, 0.3) is 0 Å². The van der Waals surface area contributed by atoms with E-state index in [0.717, 1.165) is 11.1 Å². The lowest BCUT2D eigenvalue weighted by molar-refractivity contribution is -0.144. The van der Waals surface area contributed by atoms with Crippen LogP contribution in [0.2, 0.25) is 5.02 Å². The molecular weight excluding hydrogens is 378 g/mol. The molecule has 1 amide bonds. The number of aromatic hydroxyl groups is 1. The van der Waals surface area contributed by atoms with Gasteiger partial charge in [-0.3, -0.25) is 9.59 Å². The predicted molar refractivity (Wildman–Crippen MR) is 99.6 cm³/mol. The molecule has 7 nitrogen and oxygen atoms in total. The number of aryl methyl sites for hydroxylation is 1. The first-order chi connectivity index (χ1) is 12.4.